The second-order valence-electron chi connectivity index (χ2n) is 6.47. The van der Waals surface area contributed by atoms with Crippen LogP contribution in [0, 0.1) is 0 Å². The molecule has 2 aromatic rings. The molecule has 0 radical (unpaired) electrons. The summed E-state index contributed by atoms with van der Waals surface area (Å²) in [5, 5.41) is 11.0. The van der Waals surface area contributed by atoms with Gasteiger partial charge in [0, 0.05) is 35.8 Å². The van der Waals surface area contributed by atoms with Crippen LogP contribution in [-0.4, -0.2) is 37.6 Å². The highest BCUT2D eigenvalue weighted by Crippen LogP contribution is 2.19. The normalized spacial score (nSPS) is 12.8. The molecule has 146 valence electrons. The van der Waals surface area contributed by atoms with Crippen molar-refractivity contribution in [1.82, 2.24) is 5.32 Å². The highest BCUT2D eigenvalue weighted by Gasteiger charge is 2.23. The molecule has 8 nitrogen and oxygen atoms in total. The molecule has 3 rings (SSSR count). The standard InChI is InChI=1S/C20H22N4O4/c1-28-12-18(25)21-14-5-7-15(8-6-14)22-19(26)13-3-2-4-17(11-13)24-20(27)23-16-9-10-16/h2-8,11,16H,9-10,12H2,1H3,(H,21,25)(H,22,26)(H2,23,24,27). The maximum Gasteiger partial charge on any atom is 0.319 e. The van der Waals surface area contributed by atoms with E-state index in [1.165, 1.54) is 7.11 Å². The molecule has 0 heterocycles. The first-order valence-electron chi connectivity index (χ1n) is 8.91. The molecule has 8 heteroatoms. The largest absolute Gasteiger partial charge is 0.375 e. The Bertz CT molecular complexity index is 863. The first-order valence-corrected chi connectivity index (χ1v) is 8.91. The van der Waals surface area contributed by atoms with E-state index in [-0.39, 0.29) is 30.5 Å². The van der Waals surface area contributed by atoms with Gasteiger partial charge >= 0.3 is 6.03 Å². The van der Waals surface area contributed by atoms with Crippen LogP contribution in [0.4, 0.5) is 21.9 Å². The summed E-state index contributed by atoms with van der Waals surface area (Å²) in [4.78, 5) is 35.8. The third-order valence-corrected chi connectivity index (χ3v) is 4.00. The van der Waals surface area contributed by atoms with Crippen LogP contribution in [0.3, 0.4) is 0 Å². The van der Waals surface area contributed by atoms with Gasteiger partial charge in [0.1, 0.15) is 6.61 Å². The van der Waals surface area contributed by atoms with Gasteiger partial charge in [-0.3, -0.25) is 9.59 Å². The molecule has 0 aliphatic heterocycles. The fourth-order valence-electron chi connectivity index (χ4n) is 2.49. The topological polar surface area (TPSA) is 109 Å². The second-order valence-corrected chi connectivity index (χ2v) is 6.47. The minimum absolute atomic E-state index is 0.0262. The Morgan fingerprint density at radius 3 is 2.25 bits per heavy atom. The molecule has 4 amide bonds. The van der Waals surface area contributed by atoms with E-state index in [2.05, 4.69) is 21.3 Å². The predicted octanol–water partition coefficient (Wildman–Crippen LogP) is 2.81. The van der Waals surface area contributed by atoms with Crippen molar-refractivity contribution in [2.24, 2.45) is 0 Å². The zero-order valence-electron chi connectivity index (χ0n) is 15.5. The van der Waals surface area contributed by atoms with Gasteiger partial charge in [0.15, 0.2) is 0 Å². The summed E-state index contributed by atoms with van der Waals surface area (Å²) in [5.74, 6) is -0.559. The van der Waals surface area contributed by atoms with E-state index in [0.717, 1.165) is 12.8 Å². The molecular weight excluding hydrogens is 360 g/mol. The SMILES string of the molecule is COCC(=O)Nc1ccc(NC(=O)c2cccc(NC(=O)NC3CC3)c2)cc1. The van der Waals surface area contributed by atoms with E-state index < -0.39 is 0 Å². The summed E-state index contributed by atoms with van der Waals surface area (Å²) in [7, 11) is 1.45. The van der Waals surface area contributed by atoms with E-state index in [1.807, 2.05) is 0 Å². The Morgan fingerprint density at radius 2 is 1.61 bits per heavy atom. The van der Waals surface area contributed by atoms with Crippen molar-refractivity contribution in [1.29, 1.82) is 0 Å². The van der Waals surface area contributed by atoms with Crippen molar-refractivity contribution in [3.8, 4) is 0 Å². The van der Waals surface area contributed by atoms with Crippen molar-refractivity contribution in [2.45, 2.75) is 18.9 Å². The van der Waals surface area contributed by atoms with Crippen molar-refractivity contribution in [3.05, 3.63) is 54.1 Å². The maximum absolute atomic E-state index is 12.5. The first-order chi connectivity index (χ1) is 13.5. The third kappa shape index (κ3) is 5.82. The van der Waals surface area contributed by atoms with Gasteiger partial charge in [0.2, 0.25) is 5.91 Å². The molecule has 1 fully saturated rings. The average Bonchev–Trinajstić information content (AvgIpc) is 3.47. The number of urea groups is 1. The van der Waals surface area contributed by atoms with Crippen LogP contribution in [-0.2, 0) is 9.53 Å². The lowest BCUT2D eigenvalue weighted by molar-refractivity contribution is -0.119. The van der Waals surface area contributed by atoms with E-state index in [0.29, 0.717) is 22.6 Å². The van der Waals surface area contributed by atoms with Gasteiger partial charge in [-0.05, 0) is 55.3 Å². The molecule has 28 heavy (non-hydrogen) atoms. The molecule has 2 aromatic carbocycles. The van der Waals surface area contributed by atoms with Crippen LogP contribution in [0.15, 0.2) is 48.5 Å². The van der Waals surface area contributed by atoms with Gasteiger partial charge < -0.3 is 26.0 Å². The smallest absolute Gasteiger partial charge is 0.319 e. The van der Waals surface area contributed by atoms with E-state index in [1.54, 1.807) is 48.5 Å². The lowest BCUT2D eigenvalue weighted by Crippen LogP contribution is -2.30. The summed E-state index contributed by atoms with van der Waals surface area (Å²) < 4.78 is 4.76. The minimum atomic E-state index is -0.303. The van der Waals surface area contributed by atoms with E-state index >= 15 is 0 Å². The number of rotatable bonds is 7. The van der Waals surface area contributed by atoms with Gasteiger partial charge in [0.05, 0.1) is 0 Å². The van der Waals surface area contributed by atoms with Crippen LogP contribution in [0.1, 0.15) is 23.2 Å². The number of carbonyl (C=O) groups is 3. The first kappa shape index (κ1) is 19.4. The number of methoxy groups -OCH3 is 1. The van der Waals surface area contributed by atoms with Crippen molar-refractivity contribution in [3.63, 3.8) is 0 Å². The van der Waals surface area contributed by atoms with Gasteiger partial charge in [-0.15, -0.1) is 0 Å². The quantitative estimate of drug-likeness (QED) is 0.590. The number of benzene rings is 2. The highest BCUT2D eigenvalue weighted by molar-refractivity contribution is 6.05. The number of nitrogens with one attached hydrogen (secondary N) is 4. The number of ether oxygens (including phenoxy) is 1. The monoisotopic (exact) mass is 382 g/mol. The summed E-state index contributed by atoms with van der Waals surface area (Å²) in [5.41, 5.74) is 2.15. The molecule has 0 spiro atoms. The Balaban J connectivity index is 1.57. The van der Waals surface area contributed by atoms with Gasteiger partial charge in [-0.2, -0.15) is 0 Å². The van der Waals surface area contributed by atoms with Crippen LogP contribution in [0.5, 0.6) is 0 Å². The summed E-state index contributed by atoms with van der Waals surface area (Å²) in [6.45, 7) is -0.0262. The van der Waals surface area contributed by atoms with Crippen LogP contribution in [0.25, 0.3) is 0 Å². The summed E-state index contributed by atoms with van der Waals surface area (Å²) in [6, 6.07) is 13.4. The molecule has 0 aromatic heterocycles. The number of carbonyl (C=O) groups excluding carboxylic acids is 3. The average molecular weight is 382 g/mol. The van der Waals surface area contributed by atoms with Crippen molar-refractivity contribution >= 4 is 34.9 Å². The fraction of sp³-hybridized carbons (Fsp3) is 0.250. The summed E-state index contributed by atoms with van der Waals surface area (Å²) >= 11 is 0. The molecular formula is C20H22N4O4. The van der Waals surface area contributed by atoms with Crippen LogP contribution in [0.2, 0.25) is 0 Å². The zero-order chi connectivity index (χ0) is 19.9. The molecule has 1 aliphatic rings. The molecule has 0 unspecified atom stereocenters. The lowest BCUT2D eigenvalue weighted by Gasteiger charge is -2.10. The fourth-order valence-corrected chi connectivity index (χ4v) is 2.49. The summed E-state index contributed by atoms with van der Waals surface area (Å²) in [6.07, 6.45) is 2.01. The molecule has 1 saturated carbocycles. The van der Waals surface area contributed by atoms with E-state index in [9.17, 15) is 14.4 Å². The Morgan fingerprint density at radius 1 is 0.929 bits per heavy atom. The molecule has 0 atom stereocenters. The highest BCUT2D eigenvalue weighted by atomic mass is 16.5. The second kappa shape index (κ2) is 9.01. The number of anilines is 3. The van der Waals surface area contributed by atoms with Gasteiger partial charge in [0.25, 0.3) is 5.91 Å². The third-order valence-electron chi connectivity index (χ3n) is 4.00. The van der Waals surface area contributed by atoms with Gasteiger partial charge in [-0.25, -0.2) is 4.79 Å². The van der Waals surface area contributed by atoms with Crippen LogP contribution < -0.4 is 21.3 Å². The molecule has 0 saturated heterocycles. The number of amides is 4. The predicted molar refractivity (Wildman–Crippen MR) is 107 cm³/mol. The number of hydrogen-bond acceptors (Lipinski definition) is 4. The minimum Gasteiger partial charge on any atom is -0.375 e. The van der Waals surface area contributed by atoms with Crippen molar-refractivity contribution in [2.75, 3.05) is 29.7 Å². The Hall–Kier alpha value is -3.39. The van der Waals surface area contributed by atoms with Crippen molar-refractivity contribution < 1.29 is 19.1 Å². The zero-order valence-corrected chi connectivity index (χ0v) is 15.5. The van der Waals surface area contributed by atoms with Gasteiger partial charge in [-0.1, -0.05) is 6.07 Å². The maximum atomic E-state index is 12.5. The number of hydrogen-bond donors (Lipinski definition) is 4. The Labute approximate surface area is 162 Å². The van der Waals surface area contributed by atoms with Crippen LogP contribution >= 0.6 is 0 Å². The Kier molecular flexibility index (Phi) is 6.23. The molecule has 1 aliphatic carbocycles. The molecule has 0 bridgehead atoms. The lowest BCUT2D eigenvalue weighted by atomic mass is 10.2. The van der Waals surface area contributed by atoms with E-state index in [4.69, 9.17) is 4.74 Å². The molecule has 4 N–H and O–H groups in total.